The second kappa shape index (κ2) is 8.76. The van der Waals surface area contributed by atoms with Crippen molar-refractivity contribution < 1.29 is 22.4 Å². The van der Waals surface area contributed by atoms with Gasteiger partial charge in [0.2, 0.25) is 16.1 Å². The molecular formula is C22H24FN3O4S. The first kappa shape index (κ1) is 21.5. The molecule has 7 nitrogen and oxygen atoms in total. The van der Waals surface area contributed by atoms with Gasteiger partial charge in [-0.1, -0.05) is 35.0 Å². The molecule has 1 N–H and O–H groups in total. The zero-order valence-electron chi connectivity index (χ0n) is 17.1. The number of hydrogen-bond donors (Lipinski definition) is 1. The average Bonchev–Trinajstić information content (AvgIpc) is 3.25. The standard InChI is InChI=1S/C22H24FN3O4S/c1-15-5-7-19(8-6-15)31(28,29)26-11-9-18(10-12-26)24-22(27)21-14-20(25-30-21)16-3-2-4-17(23)13-16/h2-8,13,18,21H,9-12,14H2,1H3,(H,24,27). The summed E-state index contributed by atoms with van der Waals surface area (Å²) in [7, 11) is -3.54. The second-order valence-corrected chi connectivity index (χ2v) is 9.78. The van der Waals surface area contributed by atoms with Crippen LogP contribution in [-0.4, -0.2) is 49.6 Å². The van der Waals surface area contributed by atoms with E-state index in [1.165, 1.54) is 16.4 Å². The number of aryl methyl sites for hydroxylation is 1. The Morgan fingerprint density at radius 3 is 2.55 bits per heavy atom. The number of nitrogens with zero attached hydrogens (tertiary/aromatic N) is 2. The molecule has 0 bridgehead atoms. The molecular weight excluding hydrogens is 421 g/mol. The van der Waals surface area contributed by atoms with Crippen molar-refractivity contribution in [3.05, 3.63) is 65.5 Å². The van der Waals surface area contributed by atoms with E-state index < -0.39 is 16.1 Å². The molecule has 2 aliphatic rings. The van der Waals surface area contributed by atoms with Crippen LogP contribution < -0.4 is 5.32 Å². The van der Waals surface area contributed by atoms with Crippen LogP contribution in [0.1, 0.15) is 30.4 Å². The van der Waals surface area contributed by atoms with E-state index in [2.05, 4.69) is 10.5 Å². The van der Waals surface area contributed by atoms with Crippen LogP contribution in [0.3, 0.4) is 0 Å². The summed E-state index contributed by atoms with van der Waals surface area (Å²) >= 11 is 0. The maximum Gasteiger partial charge on any atom is 0.264 e. The minimum Gasteiger partial charge on any atom is -0.382 e. The summed E-state index contributed by atoms with van der Waals surface area (Å²) < 4.78 is 40.5. The number of oxime groups is 1. The summed E-state index contributed by atoms with van der Waals surface area (Å²) in [4.78, 5) is 18.1. The number of sulfonamides is 1. The fourth-order valence-electron chi connectivity index (χ4n) is 3.75. The van der Waals surface area contributed by atoms with Gasteiger partial charge in [0.1, 0.15) is 5.82 Å². The smallest absolute Gasteiger partial charge is 0.264 e. The van der Waals surface area contributed by atoms with Crippen LogP contribution in [0.4, 0.5) is 4.39 Å². The highest BCUT2D eigenvalue weighted by Crippen LogP contribution is 2.22. The molecule has 0 aliphatic carbocycles. The second-order valence-electron chi connectivity index (χ2n) is 7.85. The first-order valence-corrected chi connectivity index (χ1v) is 11.6. The lowest BCUT2D eigenvalue weighted by molar-refractivity contribution is -0.132. The Labute approximate surface area is 180 Å². The van der Waals surface area contributed by atoms with Gasteiger partial charge >= 0.3 is 0 Å². The topological polar surface area (TPSA) is 88.1 Å². The van der Waals surface area contributed by atoms with E-state index in [1.807, 2.05) is 6.92 Å². The zero-order valence-corrected chi connectivity index (χ0v) is 17.9. The number of rotatable bonds is 5. The van der Waals surface area contributed by atoms with Gasteiger partial charge in [-0.2, -0.15) is 4.31 Å². The maximum absolute atomic E-state index is 13.4. The molecule has 2 heterocycles. The molecule has 1 saturated heterocycles. The lowest BCUT2D eigenvalue weighted by atomic mass is 10.0. The Morgan fingerprint density at radius 2 is 1.87 bits per heavy atom. The number of amides is 1. The van der Waals surface area contributed by atoms with Crippen molar-refractivity contribution in [1.29, 1.82) is 0 Å². The summed E-state index contributed by atoms with van der Waals surface area (Å²) in [5, 5.41) is 6.86. The monoisotopic (exact) mass is 445 g/mol. The van der Waals surface area contributed by atoms with Crippen molar-refractivity contribution in [3.63, 3.8) is 0 Å². The van der Waals surface area contributed by atoms with Crippen molar-refractivity contribution in [2.24, 2.45) is 5.16 Å². The number of benzene rings is 2. The van der Waals surface area contributed by atoms with E-state index in [0.29, 0.717) is 37.2 Å². The minimum atomic E-state index is -3.54. The molecule has 164 valence electrons. The highest BCUT2D eigenvalue weighted by molar-refractivity contribution is 7.89. The number of nitrogens with one attached hydrogen (secondary N) is 1. The van der Waals surface area contributed by atoms with Gasteiger partial charge in [-0.05, 0) is 44.0 Å². The number of carbonyl (C=O) groups is 1. The van der Waals surface area contributed by atoms with E-state index in [-0.39, 0.29) is 29.1 Å². The summed E-state index contributed by atoms with van der Waals surface area (Å²) in [6.07, 6.45) is 0.519. The van der Waals surface area contributed by atoms with Gasteiger partial charge in [-0.25, -0.2) is 12.8 Å². The molecule has 1 atom stereocenters. The average molecular weight is 446 g/mol. The molecule has 9 heteroatoms. The van der Waals surface area contributed by atoms with Crippen LogP contribution in [0.2, 0.25) is 0 Å². The van der Waals surface area contributed by atoms with Gasteiger partial charge in [0.15, 0.2) is 0 Å². The van der Waals surface area contributed by atoms with Gasteiger partial charge in [0.25, 0.3) is 5.91 Å². The Bertz CT molecular complexity index is 1090. The third-order valence-corrected chi connectivity index (χ3v) is 7.49. The van der Waals surface area contributed by atoms with E-state index in [1.54, 1.807) is 36.4 Å². The number of halogens is 1. The highest BCUT2D eigenvalue weighted by atomic mass is 32.2. The lowest BCUT2D eigenvalue weighted by Crippen LogP contribution is -2.48. The molecule has 4 rings (SSSR count). The summed E-state index contributed by atoms with van der Waals surface area (Å²) in [5.74, 6) is -0.671. The Balaban J connectivity index is 1.29. The van der Waals surface area contributed by atoms with Crippen LogP contribution in [0.5, 0.6) is 0 Å². The SMILES string of the molecule is Cc1ccc(S(=O)(=O)N2CCC(NC(=O)C3CC(c4cccc(F)c4)=NO3)CC2)cc1. The van der Waals surface area contributed by atoms with Crippen LogP contribution in [0.25, 0.3) is 0 Å². The van der Waals surface area contributed by atoms with E-state index >= 15 is 0 Å². The normalized spacial score (nSPS) is 20.2. The van der Waals surface area contributed by atoms with E-state index in [4.69, 9.17) is 4.84 Å². The quantitative estimate of drug-likeness (QED) is 0.766. The molecule has 1 amide bonds. The van der Waals surface area contributed by atoms with Gasteiger partial charge in [-0.3, -0.25) is 4.79 Å². The summed E-state index contributed by atoms with van der Waals surface area (Å²) in [6, 6.07) is 12.7. The van der Waals surface area contributed by atoms with Crippen LogP contribution in [0, 0.1) is 12.7 Å². The van der Waals surface area contributed by atoms with Crippen molar-refractivity contribution in [1.82, 2.24) is 9.62 Å². The minimum absolute atomic E-state index is 0.140. The predicted molar refractivity (Wildman–Crippen MR) is 114 cm³/mol. The number of hydrogen-bond acceptors (Lipinski definition) is 5. The molecule has 0 saturated carbocycles. The van der Waals surface area contributed by atoms with Gasteiger partial charge in [0, 0.05) is 31.1 Å². The molecule has 2 aromatic carbocycles. The molecule has 0 radical (unpaired) electrons. The summed E-state index contributed by atoms with van der Waals surface area (Å²) in [5.41, 5.74) is 2.11. The fraction of sp³-hybridized carbons (Fsp3) is 0.364. The van der Waals surface area contributed by atoms with Gasteiger partial charge in [-0.15, -0.1) is 0 Å². The first-order valence-electron chi connectivity index (χ1n) is 10.2. The van der Waals surface area contributed by atoms with E-state index in [0.717, 1.165) is 5.56 Å². The molecule has 0 aromatic heterocycles. The van der Waals surface area contributed by atoms with Gasteiger partial charge in [0.05, 0.1) is 10.6 Å². The first-order chi connectivity index (χ1) is 14.8. The maximum atomic E-state index is 13.4. The Kier molecular flexibility index (Phi) is 6.06. The largest absolute Gasteiger partial charge is 0.382 e. The fourth-order valence-corrected chi connectivity index (χ4v) is 5.22. The van der Waals surface area contributed by atoms with Crippen LogP contribution in [-0.2, 0) is 19.7 Å². The van der Waals surface area contributed by atoms with Crippen LogP contribution >= 0.6 is 0 Å². The molecule has 2 aromatic rings. The molecule has 31 heavy (non-hydrogen) atoms. The highest BCUT2D eigenvalue weighted by Gasteiger charge is 2.33. The molecule has 0 spiro atoms. The van der Waals surface area contributed by atoms with Crippen molar-refractivity contribution in [3.8, 4) is 0 Å². The van der Waals surface area contributed by atoms with Crippen molar-refractivity contribution >= 4 is 21.6 Å². The zero-order chi connectivity index (χ0) is 22.0. The third-order valence-electron chi connectivity index (χ3n) is 5.58. The third kappa shape index (κ3) is 4.77. The number of carbonyl (C=O) groups excluding carboxylic acids is 1. The predicted octanol–water partition coefficient (Wildman–Crippen LogP) is 2.60. The Morgan fingerprint density at radius 1 is 1.16 bits per heavy atom. The van der Waals surface area contributed by atoms with E-state index in [9.17, 15) is 17.6 Å². The van der Waals surface area contributed by atoms with Crippen molar-refractivity contribution in [2.45, 2.75) is 43.2 Å². The Hall–Kier alpha value is -2.78. The number of piperidine rings is 1. The summed E-state index contributed by atoms with van der Waals surface area (Å²) in [6.45, 7) is 2.57. The molecule has 2 aliphatic heterocycles. The molecule has 1 fully saturated rings. The van der Waals surface area contributed by atoms with Crippen LogP contribution in [0.15, 0.2) is 58.6 Å². The lowest BCUT2D eigenvalue weighted by Gasteiger charge is -2.32. The van der Waals surface area contributed by atoms with Crippen molar-refractivity contribution in [2.75, 3.05) is 13.1 Å². The molecule has 1 unspecified atom stereocenters. The van der Waals surface area contributed by atoms with Gasteiger partial charge < -0.3 is 10.2 Å².